The second-order valence-corrected chi connectivity index (χ2v) is 5.06. The molecule has 0 unspecified atom stereocenters. The minimum atomic E-state index is -0.557. The van der Waals surface area contributed by atoms with Crippen LogP contribution in [0, 0.1) is 0 Å². The van der Waals surface area contributed by atoms with Crippen molar-refractivity contribution in [2.24, 2.45) is 0 Å². The number of esters is 1. The highest BCUT2D eigenvalue weighted by Gasteiger charge is 2.53. The third kappa shape index (κ3) is 3.43. The molecule has 1 aromatic carbocycles. The van der Waals surface area contributed by atoms with Crippen LogP contribution in [0.5, 0.6) is 0 Å². The molecule has 1 aromatic rings. The predicted octanol–water partition coefficient (Wildman–Crippen LogP) is 2.76. The Morgan fingerprint density at radius 3 is 2.14 bits per heavy atom. The minimum Gasteiger partial charge on any atom is -0.467 e. The van der Waals surface area contributed by atoms with Crippen LogP contribution in [-0.4, -0.2) is 37.0 Å². The van der Waals surface area contributed by atoms with Gasteiger partial charge in [-0.1, -0.05) is 44.2 Å². The molecule has 0 heterocycles. The fourth-order valence-electron chi connectivity index (χ4n) is 2.35. The molecular weight excluding hydrogens is 266 g/mol. The number of amides is 1. The Hall–Kier alpha value is -1.84. The van der Waals surface area contributed by atoms with E-state index in [9.17, 15) is 9.59 Å². The Balaban J connectivity index is 0.00000106. The molecule has 4 nitrogen and oxygen atoms in total. The monoisotopic (exact) mass is 291 g/mol. The Morgan fingerprint density at radius 1 is 1.19 bits per heavy atom. The van der Waals surface area contributed by atoms with Crippen LogP contribution >= 0.6 is 0 Å². The summed E-state index contributed by atoms with van der Waals surface area (Å²) in [7, 11) is 2.99. The average molecular weight is 291 g/mol. The number of carbonyl (C=O) groups excluding carboxylic acids is 2. The maximum Gasteiger partial charge on any atom is 0.328 e. The van der Waals surface area contributed by atoms with Crippen molar-refractivity contribution < 1.29 is 14.3 Å². The lowest BCUT2D eigenvalue weighted by Gasteiger charge is -2.27. The first-order chi connectivity index (χ1) is 10.0. The van der Waals surface area contributed by atoms with E-state index in [1.54, 1.807) is 14.0 Å². The molecule has 2 rings (SSSR count). The number of carbonyl (C=O) groups is 2. The van der Waals surface area contributed by atoms with E-state index in [2.05, 4.69) is 4.74 Å². The molecule has 1 atom stereocenters. The Kier molecular flexibility index (Phi) is 5.94. The van der Waals surface area contributed by atoms with E-state index >= 15 is 0 Å². The van der Waals surface area contributed by atoms with Crippen molar-refractivity contribution in [1.29, 1.82) is 0 Å². The van der Waals surface area contributed by atoms with Gasteiger partial charge in [-0.05, 0) is 25.3 Å². The third-order valence-electron chi connectivity index (χ3n) is 3.93. The first-order valence-corrected chi connectivity index (χ1v) is 7.43. The molecule has 0 saturated heterocycles. The zero-order chi connectivity index (χ0) is 16.0. The molecule has 0 aromatic heterocycles. The van der Waals surface area contributed by atoms with Gasteiger partial charge in [0.2, 0.25) is 5.91 Å². The normalized spacial score (nSPS) is 16.0. The summed E-state index contributed by atoms with van der Waals surface area (Å²) in [6, 6.07) is 9.20. The number of benzene rings is 1. The van der Waals surface area contributed by atoms with Crippen LogP contribution in [0.3, 0.4) is 0 Å². The predicted molar refractivity (Wildman–Crippen MR) is 83.0 cm³/mol. The number of nitrogens with zero attached hydrogens (tertiary/aromatic N) is 1. The largest absolute Gasteiger partial charge is 0.467 e. The van der Waals surface area contributed by atoms with Gasteiger partial charge >= 0.3 is 5.97 Å². The van der Waals surface area contributed by atoms with Gasteiger partial charge in [-0.2, -0.15) is 0 Å². The third-order valence-corrected chi connectivity index (χ3v) is 3.93. The van der Waals surface area contributed by atoms with Crippen molar-refractivity contribution in [1.82, 2.24) is 4.90 Å². The zero-order valence-electron chi connectivity index (χ0n) is 13.6. The van der Waals surface area contributed by atoms with Gasteiger partial charge in [0.25, 0.3) is 0 Å². The molecule has 0 radical (unpaired) electrons. The molecule has 0 aliphatic heterocycles. The average Bonchev–Trinajstić information content (AvgIpc) is 3.36. The first-order valence-electron chi connectivity index (χ1n) is 7.43. The minimum absolute atomic E-state index is 0.00315. The van der Waals surface area contributed by atoms with Gasteiger partial charge in [-0.3, -0.25) is 4.79 Å². The van der Waals surface area contributed by atoms with Crippen molar-refractivity contribution in [3.8, 4) is 0 Å². The van der Waals surface area contributed by atoms with Crippen molar-refractivity contribution >= 4 is 11.9 Å². The molecule has 1 saturated carbocycles. The number of ether oxygens (including phenoxy) is 1. The zero-order valence-corrected chi connectivity index (χ0v) is 13.6. The topological polar surface area (TPSA) is 46.6 Å². The van der Waals surface area contributed by atoms with Crippen LogP contribution in [0.4, 0.5) is 0 Å². The molecule has 116 valence electrons. The molecule has 1 aliphatic rings. The SMILES string of the molecule is CC.COC(=O)[C@@H](C)N(C)C(=O)C1(c2ccccc2)CC1. The van der Waals surface area contributed by atoms with E-state index in [0.717, 1.165) is 18.4 Å². The number of rotatable bonds is 4. The van der Waals surface area contributed by atoms with Crippen molar-refractivity contribution in [3.05, 3.63) is 35.9 Å². The molecule has 0 spiro atoms. The molecule has 21 heavy (non-hydrogen) atoms. The maximum atomic E-state index is 12.6. The molecule has 0 N–H and O–H groups in total. The summed E-state index contributed by atoms with van der Waals surface area (Å²) in [6.45, 7) is 5.69. The van der Waals surface area contributed by atoms with Gasteiger partial charge in [0.05, 0.1) is 12.5 Å². The van der Waals surface area contributed by atoms with Crippen LogP contribution in [0.15, 0.2) is 30.3 Å². The highest BCUT2D eigenvalue weighted by Crippen LogP contribution is 2.49. The van der Waals surface area contributed by atoms with Gasteiger partial charge < -0.3 is 9.64 Å². The molecule has 1 amide bonds. The van der Waals surface area contributed by atoms with Gasteiger partial charge in [0.15, 0.2) is 0 Å². The maximum absolute atomic E-state index is 12.6. The summed E-state index contributed by atoms with van der Waals surface area (Å²) in [5.74, 6) is -0.392. The Bertz CT molecular complexity index is 480. The van der Waals surface area contributed by atoms with Crippen molar-refractivity contribution in [3.63, 3.8) is 0 Å². The molecule has 1 fully saturated rings. The van der Waals surface area contributed by atoms with Crippen LogP contribution in [0.1, 0.15) is 39.2 Å². The van der Waals surface area contributed by atoms with Crippen LogP contribution in [0.25, 0.3) is 0 Å². The summed E-state index contributed by atoms with van der Waals surface area (Å²) >= 11 is 0. The second-order valence-electron chi connectivity index (χ2n) is 5.06. The van der Waals surface area contributed by atoms with Crippen molar-refractivity contribution in [2.45, 2.75) is 45.1 Å². The quantitative estimate of drug-likeness (QED) is 0.801. The number of hydrogen-bond acceptors (Lipinski definition) is 3. The fraction of sp³-hybridized carbons (Fsp3) is 0.529. The number of methoxy groups -OCH3 is 1. The summed E-state index contributed by atoms with van der Waals surface area (Å²) in [5, 5.41) is 0. The molecule has 4 heteroatoms. The van der Waals surface area contributed by atoms with E-state index in [-0.39, 0.29) is 11.9 Å². The second kappa shape index (κ2) is 7.25. The van der Waals surface area contributed by atoms with E-state index in [0.29, 0.717) is 0 Å². The smallest absolute Gasteiger partial charge is 0.328 e. The summed E-state index contributed by atoms with van der Waals surface area (Å²) in [5.41, 5.74) is 0.599. The van der Waals surface area contributed by atoms with Crippen LogP contribution in [-0.2, 0) is 19.7 Å². The molecular formula is C17H25NO3. The summed E-state index contributed by atoms with van der Waals surface area (Å²) in [6.07, 6.45) is 1.68. The van der Waals surface area contributed by atoms with Crippen LogP contribution < -0.4 is 0 Å². The molecule has 0 bridgehead atoms. The van der Waals surface area contributed by atoms with Crippen LogP contribution in [0.2, 0.25) is 0 Å². The Morgan fingerprint density at radius 2 is 1.71 bits per heavy atom. The number of likely N-dealkylation sites (N-methyl/N-ethyl adjacent to an activating group) is 1. The highest BCUT2D eigenvalue weighted by atomic mass is 16.5. The lowest BCUT2D eigenvalue weighted by atomic mass is 9.94. The first kappa shape index (κ1) is 17.2. The lowest BCUT2D eigenvalue weighted by Crippen LogP contribution is -2.45. The molecule has 1 aliphatic carbocycles. The van der Waals surface area contributed by atoms with Gasteiger partial charge in [0.1, 0.15) is 6.04 Å². The van der Waals surface area contributed by atoms with Gasteiger partial charge in [0, 0.05) is 7.05 Å². The summed E-state index contributed by atoms with van der Waals surface area (Å²) < 4.78 is 4.69. The van der Waals surface area contributed by atoms with Gasteiger partial charge in [-0.25, -0.2) is 4.79 Å². The van der Waals surface area contributed by atoms with E-state index in [4.69, 9.17) is 0 Å². The summed E-state index contributed by atoms with van der Waals surface area (Å²) in [4.78, 5) is 25.6. The van der Waals surface area contributed by atoms with Gasteiger partial charge in [-0.15, -0.1) is 0 Å². The van der Waals surface area contributed by atoms with Crippen molar-refractivity contribution in [2.75, 3.05) is 14.2 Å². The van der Waals surface area contributed by atoms with E-state index in [1.807, 2.05) is 44.2 Å². The Labute approximate surface area is 127 Å². The lowest BCUT2D eigenvalue weighted by molar-refractivity contribution is -0.151. The van der Waals surface area contributed by atoms with E-state index < -0.39 is 11.5 Å². The van der Waals surface area contributed by atoms with E-state index in [1.165, 1.54) is 12.0 Å². The number of hydrogen-bond donors (Lipinski definition) is 0. The standard InChI is InChI=1S/C15H19NO3.C2H6/c1-11(13(17)19-3)16(2)14(18)15(9-10-15)12-7-5-4-6-8-12;1-2/h4-8,11H,9-10H2,1-3H3;1-2H3/t11-;/m1./s1. The fourth-order valence-corrected chi connectivity index (χ4v) is 2.35. The highest BCUT2D eigenvalue weighted by molar-refractivity contribution is 5.94.